The molecule has 32 heavy (non-hydrogen) atoms. The summed E-state index contributed by atoms with van der Waals surface area (Å²) in [5, 5.41) is 7.00. The fourth-order valence-corrected chi connectivity index (χ4v) is 4.37. The molecule has 0 fully saturated rings. The van der Waals surface area contributed by atoms with E-state index in [2.05, 4.69) is 11.1 Å². The van der Waals surface area contributed by atoms with E-state index in [1.165, 1.54) is 0 Å². The van der Waals surface area contributed by atoms with Gasteiger partial charge in [0.05, 0.1) is 38.1 Å². The summed E-state index contributed by atoms with van der Waals surface area (Å²) in [7, 11) is 3.26. The lowest BCUT2D eigenvalue weighted by molar-refractivity contribution is -0.0226. The maximum absolute atomic E-state index is 6.58. The summed E-state index contributed by atoms with van der Waals surface area (Å²) in [6.07, 6.45) is 3.84. The highest BCUT2D eigenvalue weighted by Crippen LogP contribution is 2.52. The smallest absolute Gasteiger partial charge is 0.217 e. The molecule has 2 aliphatic heterocycles. The molecule has 2 unspecified atom stereocenters. The zero-order valence-electron chi connectivity index (χ0n) is 18.3. The summed E-state index contributed by atoms with van der Waals surface area (Å²) >= 11 is 0. The van der Waals surface area contributed by atoms with Crippen molar-refractivity contribution in [2.24, 2.45) is 5.10 Å². The first kappa shape index (κ1) is 20.2. The second-order valence-electron chi connectivity index (χ2n) is 7.55. The number of hydrazone groups is 1. The third-order valence-corrected chi connectivity index (χ3v) is 5.77. The van der Waals surface area contributed by atoms with Gasteiger partial charge in [0.1, 0.15) is 0 Å². The minimum Gasteiger partial charge on any atom is -0.493 e. The van der Waals surface area contributed by atoms with Crippen LogP contribution in [0.3, 0.4) is 0 Å². The van der Waals surface area contributed by atoms with Gasteiger partial charge in [-0.3, -0.25) is 4.98 Å². The number of ether oxygens (including phenoxy) is 4. The number of hydrogen-bond donors (Lipinski definition) is 0. The molecule has 164 valence electrons. The molecule has 7 nitrogen and oxygen atoms in total. The van der Waals surface area contributed by atoms with Crippen LogP contribution in [0.15, 0.2) is 66.0 Å². The van der Waals surface area contributed by atoms with Crippen LogP contribution >= 0.6 is 0 Å². The van der Waals surface area contributed by atoms with E-state index in [-0.39, 0.29) is 6.04 Å². The summed E-state index contributed by atoms with van der Waals surface area (Å²) in [4.78, 5) is 4.27. The van der Waals surface area contributed by atoms with E-state index in [4.69, 9.17) is 24.0 Å². The molecule has 0 saturated heterocycles. The molecule has 3 heterocycles. The Morgan fingerprint density at radius 1 is 1.00 bits per heavy atom. The Morgan fingerprint density at radius 3 is 2.53 bits per heavy atom. The standard InChI is InChI=1S/C25H25N3O4/c1-4-31-22-12-5-9-17-20-14-19(16-8-7-13-26-15-16)27-28(20)25(32-24(17)22)18-10-6-11-21(29-2)23(18)30-3/h5-13,15,20,25H,4,14H2,1-3H3. The fraction of sp³-hybridized carbons (Fsp3) is 0.280. The maximum atomic E-state index is 6.58. The summed E-state index contributed by atoms with van der Waals surface area (Å²) in [6, 6.07) is 15.8. The van der Waals surface area contributed by atoms with Crippen LogP contribution in [0.1, 0.15) is 42.3 Å². The predicted octanol–water partition coefficient (Wildman–Crippen LogP) is 4.74. The largest absolute Gasteiger partial charge is 0.493 e. The van der Waals surface area contributed by atoms with Gasteiger partial charge < -0.3 is 18.9 Å². The van der Waals surface area contributed by atoms with Crippen LogP contribution in [0, 0.1) is 0 Å². The normalized spacial score (nSPS) is 18.8. The van der Waals surface area contributed by atoms with Gasteiger partial charge in [0.2, 0.25) is 6.23 Å². The van der Waals surface area contributed by atoms with Crippen LogP contribution in [0.25, 0.3) is 0 Å². The number of aromatic nitrogens is 1. The van der Waals surface area contributed by atoms with E-state index in [1.807, 2.05) is 60.6 Å². The molecule has 0 radical (unpaired) electrons. The van der Waals surface area contributed by atoms with Gasteiger partial charge in [-0.05, 0) is 31.2 Å². The average Bonchev–Trinajstić information content (AvgIpc) is 3.30. The van der Waals surface area contributed by atoms with E-state index >= 15 is 0 Å². The molecule has 2 atom stereocenters. The molecule has 7 heteroatoms. The summed E-state index contributed by atoms with van der Waals surface area (Å²) < 4.78 is 23.7. The Labute approximate surface area is 187 Å². The van der Waals surface area contributed by atoms with Crippen molar-refractivity contribution in [3.63, 3.8) is 0 Å². The Kier molecular flexibility index (Phi) is 5.31. The highest BCUT2D eigenvalue weighted by Gasteiger charge is 2.43. The second-order valence-corrected chi connectivity index (χ2v) is 7.55. The van der Waals surface area contributed by atoms with Crippen molar-refractivity contribution >= 4 is 5.71 Å². The van der Waals surface area contributed by atoms with E-state index < -0.39 is 6.23 Å². The molecule has 0 saturated carbocycles. The summed E-state index contributed by atoms with van der Waals surface area (Å²) in [5.74, 6) is 2.74. The Hall–Kier alpha value is -3.74. The number of fused-ring (bicyclic) bond motifs is 3. The van der Waals surface area contributed by atoms with Crippen LogP contribution in [0.4, 0.5) is 0 Å². The molecule has 2 aliphatic rings. The molecule has 3 aromatic rings. The SMILES string of the molecule is CCOc1cccc2c1OC(c1cccc(OC)c1OC)N1N=C(c3cccnc3)CC21. The lowest BCUT2D eigenvalue weighted by Gasteiger charge is -2.39. The van der Waals surface area contributed by atoms with Crippen LogP contribution in [0.2, 0.25) is 0 Å². The molecule has 0 bridgehead atoms. The lowest BCUT2D eigenvalue weighted by atomic mass is 9.96. The first-order valence-electron chi connectivity index (χ1n) is 10.6. The first-order valence-corrected chi connectivity index (χ1v) is 10.6. The number of nitrogens with zero attached hydrogens (tertiary/aromatic N) is 3. The van der Waals surface area contributed by atoms with Crippen LogP contribution in [0.5, 0.6) is 23.0 Å². The minimum absolute atomic E-state index is 0.00438. The Balaban J connectivity index is 1.66. The van der Waals surface area contributed by atoms with Crippen LogP contribution in [-0.2, 0) is 0 Å². The van der Waals surface area contributed by atoms with Crippen molar-refractivity contribution in [3.8, 4) is 23.0 Å². The lowest BCUT2D eigenvalue weighted by Crippen LogP contribution is -2.34. The van der Waals surface area contributed by atoms with Gasteiger partial charge in [0.15, 0.2) is 23.0 Å². The van der Waals surface area contributed by atoms with Crippen LogP contribution in [-0.4, -0.2) is 36.5 Å². The molecular weight excluding hydrogens is 406 g/mol. The summed E-state index contributed by atoms with van der Waals surface area (Å²) in [6.45, 7) is 2.52. The third kappa shape index (κ3) is 3.30. The van der Waals surface area contributed by atoms with Gasteiger partial charge >= 0.3 is 0 Å². The fourth-order valence-electron chi connectivity index (χ4n) is 4.37. The minimum atomic E-state index is -0.506. The van der Waals surface area contributed by atoms with E-state index in [1.54, 1.807) is 20.4 Å². The highest BCUT2D eigenvalue weighted by atomic mass is 16.5. The van der Waals surface area contributed by atoms with Gasteiger partial charge in [0, 0.05) is 29.9 Å². The van der Waals surface area contributed by atoms with Crippen molar-refractivity contribution in [1.29, 1.82) is 0 Å². The van der Waals surface area contributed by atoms with Gasteiger partial charge in [0.25, 0.3) is 0 Å². The summed E-state index contributed by atoms with van der Waals surface area (Å²) in [5.41, 5.74) is 3.86. The maximum Gasteiger partial charge on any atom is 0.217 e. The molecular formula is C25H25N3O4. The van der Waals surface area contributed by atoms with Crippen molar-refractivity contribution in [2.75, 3.05) is 20.8 Å². The zero-order valence-corrected chi connectivity index (χ0v) is 18.3. The Bertz CT molecular complexity index is 1150. The molecule has 1 aromatic heterocycles. The number of pyridine rings is 1. The molecule has 0 N–H and O–H groups in total. The Morgan fingerprint density at radius 2 is 1.81 bits per heavy atom. The zero-order chi connectivity index (χ0) is 22.1. The van der Waals surface area contributed by atoms with Gasteiger partial charge in [-0.25, -0.2) is 5.01 Å². The van der Waals surface area contributed by atoms with E-state index in [0.717, 1.165) is 40.3 Å². The predicted molar refractivity (Wildman–Crippen MR) is 120 cm³/mol. The van der Waals surface area contributed by atoms with Crippen LogP contribution < -0.4 is 18.9 Å². The molecule has 0 aliphatic carbocycles. The second kappa shape index (κ2) is 8.42. The number of rotatable bonds is 6. The van der Waals surface area contributed by atoms with E-state index in [0.29, 0.717) is 18.1 Å². The van der Waals surface area contributed by atoms with Crippen molar-refractivity contribution in [2.45, 2.75) is 25.6 Å². The third-order valence-electron chi connectivity index (χ3n) is 5.77. The van der Waals surface area contributed by atoms with E-state index in [9.17, 15) is 0 Å². The highest BCUT2D eigenvalue weighted by molar-refractivity contribution is 6.01. The quantitative estimate of drug-likeness (QED) is 0.562. The average molecular weight is 431 g/mol. The van der Waals surface area contributed by atoms with Gasteiger partial charge in [-0.1, -0.05) is 24.3 Å². The molecule has 0 spiro atoms. The molecule has 0 amide bonds. The monoisotopic (exact) mass is 431 g/mol. The molecule has 5 rings (SSSR count). The van der Waals surface area contributed by atoms with Crippen molar-refractivity contribution < 1.29 is 18.9 Å². The number of para-hydroxylation sites is 2. The van der Waals surface area contributed by atoms with Gasteiger partial charge in [-0.15, -0.1) is 0 Å². The van der Waals surface area contributed by atoms with Crippen molar-refractivity contribution in [3.05, 3.63) is 77.6 Å². The van der Waals surface area contributed by atoms with Gasteiger partial charge in [-0.2, -0.15) is 5.10 Å². The number of hydrogen-bond acceptors (Lipinski definition) is 7. The number of benzene rings is 2. The molecule has 2 aromatic carbocycles. The topological polar surface area (TPSA) is 65.4 Å². The number of methoxy groups -OCH3 is 2. The van der Waals surface area contributed by atoms with Crippen molar-refractivity contribution in [1.82, 2.24) is 9.99 Å². The first-order chi connectivity index (χ1) is 15.7.